The fourth-order valence-electron chi connectivity index (χ4n) is 1.35. The molecule has 1 heterocycles. The van der Waals surface area contributed by atoms with Crippen molar-refractivity contribution in [3.63, 3.8) is 0 Å². The summed E-state index contributed by atoms with van der Waals surface area (Å²) in [6.45, 7) is 4.87. The fourth-order valence-corrected chi connectivity index (χ4v) is 2.25. The lowest BCUT2D eigenvalue weighted by atomic mass is 10.2. The van der Waals surface area contributed by atoms with E-state index in [4.69, 9.17) is 0 Å². The number of ether oxygens (including phenoxy) is 1. The van der Waals surface area contributed by atoms with Gasteiger partial charge in [0, 0.05) is 12.1 Å². The molecule has 0 aliphatic carbocycles. The molecule has 1 N–H and O–H groups in total. The Balaban J connectivity index is 2.83. The standard InChI is InChI=1S/C11H17N3O2S/c1-4-8-10(12-5-2)13-7-14-11(8)17-6-9(15)16-3/h7H,4-6H2,1-3H3,(H,12,13,14). The topological polar surface area (TPSA) is 64.1 Å². The summed E-state index contributed by atoms with van der Waals surface area (Å²) in [5, 5.41) is 4.03. The van der Waals surface area contributed by atoms with Gasteiger partial charge >= 0.3 is 5.97 Å². The number of methoxy groups -OCH3 is 1. The van der Waals surface area contributed by atoms with E-state index in [1.54, 1.807) is 0 Å². The minimum absolute atomic E-state index is 0.249. The molecule has 1 aromatic heterocycles. The van der Waals surface area contributed by atoms with E-state index in [0.29, 0.717) is 0 Å². The number of anilines is 1. The third-order valence-electron chi connectivity index (χ3n) is 2.16. The van der Waals surface area contributed by atoms with Crippen molar-refractivity contribution in [2.75, 3.05) is 24.7 Å². The van der Waals surface area contributed by atoms with Crippen molar-refractivity contribution in [3.05, 3.63) is 11.9 Å². The average Bonchev–Trinajstić information content (AvgIpc) is 2.36. The van der Waals surface area contributed by atoms with Crippen LogP contribution in [0.5, 0.6) is 0 Å². The van der Waals surface area contributed by atoms with Crippen LogP contribution in [0.4, 0.5) is 5.82 Å². The van der Waals surface area contributed by atoms with Crippen LogP contribution in [0.1, 0.15) is 19.4 Å². The maximum atomic E-state index is 11.1. The van der Waals surface area contributed by atoms with Crippen molar-refractivity contribution >= 4 is 23.5 Å². The summed E-state index contributed by atoms with van der Waals surface area (Å²) in [6, 6.07) is 0. The third kappa shape index (κ3) is 3.89. The van der Waals surface area contributed by atoms with Gasteiger partial charge < -0.3 is 10.1 Å². The molecule has 0 aliphatic rings. The second-order valence-corrected chi connectivity index (χ2v) is 4.22. The van der Waals surface area contributed by atoms with Crippen LogP contribution in [0.3, 0.4) is 0 Å². The molecule has 0 radical (unpaired) electrons. The molecule has 0 aliphatic heterocycles. The highest BCUT2D eigenvalue weighted by molar-refractivity contribution is 7.99. The molecule has 0 saturated heterocycles. The molecule has 0 bridgehead atoms. The predicted octanol–water partition coefficient (Wildman–Crippen LogP) is 1.74. The SMILES string of the molecule is CCNc1ncnc(SCC(=O)OC)c1CC. The summed E-state index contributed by atoms with van der Waals surface area (Å²) in [5.41, 5.74) is 1.04. The van der Waals surface area contributed by atoms with Crippen molar-refractivity contribution in [1.29, 1.82) is 0 Å². The summed E-state index contributed by atoms with van der Waals surface area (Å²) < 4.78 is 4.60. The third-order valence-corrected chi connectivity index (χ3v) is 3.16. The van der Waals surface area contributed by atoms with Crippen molar-refractivity contribution in [1.82, 2.24) is 9.97 Å². The summed E-state index contributed by atoms with van der Waals surface area (Å²) in [6.07, 6.45) is 2.34. The Morgan fingerprint density at radius 1 is 1.47 bits per heavy atom. The average molecular weight is 255 g/mol. The maximum Gasteiger partial charge on any atom is 0.316 e. The van der Waals surface area contributed by atoms with E-state index in [1.807, 2.05) is 13.8 Å². The zero-order valence-corrected chi connectivity index (χ0v) is 11.1. The molecule has 0 amide bonds. The van der Waals surface area contributed by atoms with E-state index in [2.05, 4.69) is 20.0 Å². The summed E-state index contributed by atoms with van der Waals surface area (Å²) >= 11 is 1.38. The number of nitrogens with one attached hydrogen (secondary N) is 1. The van der Waals surface area contributed by atoms with Gasteiger partial charge in [0.25, 0.3) is 0 Å². The normalized spacial score (nSPS) is 10.1. The Morgan fingerprint density at radius 3 is 2.82 bits per heavy atom. The van der Waals surface area contributed by atoms with Crippen molar-refractivity contribution in [3.8, 4) is 0 Å². The van der Waals surface area contributed by atoms with Gasteiger partial charge in [-0.2, -0.15) is 0 Å². The fraction of sp³-hybridized carbons (Fsp3) is 0.545. The highest BCUT2D eigenvalue weighted by Crippen LogP contribution is 2.25. The monoisotopic (exact) mass is 255 g/mol. The Labute approximate surface area is 105 Å². The zero-order valence-electron chi connectivity index (χ0n) is 10.3. The minimum Gasteiger partial charge on any atom is -0.468 e. The second-order valence-electron chi connectivity index (χ2n) is 3.25. The Morgan fingerprint density at radius 2 is 2.24 bits per heavy atom. The molecule has 6 heteroatoms. The first-order valence-electron chi connectivity index (χ1n) is 5.50. The maximum absolute atomic E-state index is 11.1. The van der Waals surface area contributed by atoms with E-state index >= 15 is 0 Å². The van der Waals surface area contributed by atoms with E-state index in [-0.39, 0.29) is 11.7 Å². The first-order chi connectivity index (χ1) is 8.22. The highest BCUT2D eigenvalue weighted by Gasteiger charge is 2.11. The Hall–Kier alpha value is -1.30. The summed E-state index contributed by atoms with van der Waals surface area (Å²) in [5.74, 6) is 0.865. The van der Waals surface area contributed by atoms with Crippen LogP contribution in [-0.2, 0) is 16.0 Å². The smallest absolute Gasteiger partial charge is 0.316 e. The van der Waals surface area contributed by atoms with Crippen molar-refractivity contribution in [2.45, 2.75) is 25.3 Å². The van der Waals surface area contributed by atoms with E-state index in [9.17, 15) is 4.79 Å². The molecule has 0 unspecified atom stereocenters. The molecule has 0 fully saturated rings. The molecule has 0 aromatic carbocycles. The molecule has 0 atom stereocenters. The number of thioether (sulfide) groups is 1. The molecule has 17 heavy (non-hydrogen) atoms. The van der Waals surface area contributed by atoms with Crippen molar-refractivity contribution < 1.29 is 9.53 Å². The lowest BCUT2D eigenvalue weighted by Crippen LogP contribution is -2.07. The largest absolute Gasteiger partial charge is 0.468 e. The van der Waals surface area contributed by atoms with Gasteiger partial charge in [-0.25, -0.2) is 9.97 Å². The molecule has 5 nitrogen and oxygen atoms in total. The lowest BCUT2D eigenvalue weighted by molar-refractivity contribution is -0.137. The van der Waals surface area contributed by atoms with Gasteiger partial charge in [0.1, 0.15) is 17.2 Å². The van der Waals surface area contributed by atoms with Gasteiger partial charge in [-0.3, -0.25) is 4.79 Å². The van der Waals surface area contributed by atoms with Crippen LogP contribution in [0.2, 0.25) is 0 Å². The van der Waals surface area contributed by atoms with Crippen LogP contribution in [0, 0.1) is 0 Å². The van der Waals surface area contributed by atoms with E-state index < -0.39 is 0 Å². The van der Waals surface area contributed by atoms with E-state index in [1.165, 1.54) is 25.2 Å². The number of nitrogens with zero attached hydrogens (tertiary/aromatic N) is 2. The predicted molar refractivity (Wildman–Crippen MR) is 68.3 cm³/mol. The van der Waals surface area contributed by atoms with Gasteiger partial charge in [-0.05, 0) is 13.3 Å². The number of hydrogen-bond donors (Lipinski definition) is 1. The minimum atomic E-state index is -0.249. The lowest BCUT2D eigenvalue weighted by Gasteiger charge is -2.11. The van der Waals surface area contributed by atoms with Gasteiger partial charge in [-0.15, -0.1) is 0 Å². The molecular weight excluding hydrogens is 238 g/mol. The molecule has 0 saturated carbocycles. The highest BCUT2D eigenvalue weighted by atomic mass is 32.2. The number of hydrogen-bond acceptors (Lipinski definition) is 6. The second kappa shape index (κ2) is 7.11. The van der Waals surface area contributed by atoms with Gasteiger partial charge in [0.05, 0.1) is 12.9 Å². The van der Waals surface area contributed by atoms with Crippen LogP contribution in [0.15, 0.2) is 11.4 Å². The van der Waals surface area contributed by atoms with Crippen LogP contribution < -0.4 is 5.32 Å². The molecule has 1 aromatic rings. The number of rotatable bonds is 6. The Bertz CT molecular complexity index is 385. The van der Waals surface area contributed by atoms with Gasteiger partial charge in [-0.1, -0.05) is 18.7 Å². The number of aromatic nitrogens is 2. The number of carbonyl (C=O) groups excluding carboxylic acids is 1. The van der Waals surface area contributed by atoms with Gasteiger partial charge in [0.2, 0.25) is 0 Å². The number of esters is 1. The van der Waals surface area contributed by atoms with Crippen LogP contribution in [0.25, 0.3) is 0 Å². The first-order valence-corrected chi connectivity index (χ1v) is 6.48. The van der Waals surface area contributed by atoms with Gasteiger partial charge in [0.15, 0.2) is 0 Å². The van der Waals surface area contributed by atoms with Crippen molar-refractivity contribution in [2.24, 2.45) is 0 Å². The van der Waals surface area contributed by atoms with Crippen LogP contribution >= 0.6 is 11.8 Å². The summed E-state index contributed by atoms with van der Waals surface area (Å²) in [7, 11) is 1.38. The first kappa shape index (κ1) is 13.8. The van der Waals surface area contributed by atoms with Crippen LogP contribution in [-0.4, -0.2) is 35.3 Å². The molecule has 0 spiro atoms. The Kier molecular flexibility index (Phi) is 5.76. The summed E-state index contributed by atoms with van der Waals surface area (Å²) in [4.78, 5) is 19.5. The number of carbonyl (C=O) groups is 1. The molecule has 1 rings (SSSR count). The quantitative estimate of drug-likeness (QED) is 0.474. The zero-order chi connectivity index (χ0) is 12.7. The molecule has 94 valence electrons. The molecular formula is C11H17N3O2S. The van der Waals surface area contributed by atoms with E-state index in [0.717, 1.165) is 29.4 Å².